The molecule has 1 atom stereocenters. The Balaban J connectivity index is 2.08. The standard InChI is InChI=1S/C14H21N3/c1-3-13(15)14-5-4-12(10-16-14)17-8-6-11(2)7-9-17/h4-6,10,13H,3,7-9,15H2,1-2H3/t13-/m0/s1. The minimum atomic E-state index is 0.0625. The fourth-order valence-electron chi connectivity index (χ4n) is 2.02. The summed E-state index contributed by atoms with van der Waals surface area (Å²) in [6.07, 6.45) is 6.31. The normalized spacial score (nSPS) is 17.8. The van der Waals surface area contributed by atoms with Gasteiger partial charge in [-0.1, -0.05) is 18.6 Å². The van der Waals surface area contributed by atoms with E-state index in [1.807, 2.05) is 6.20 Å². The highest BCUT2D eigenvalue weighted by molar-refractivity contribution is 5.46. The van der Waals surface area contributed by atoms with Gasteiger partial charge in [-0.3, -0.25) is 4.98 Å². The third-order valence-electron chi connectivity index (χ3n) is 3.39. The highest BCUT2D eigenvalue weighted by Gasteiger charge is 2.11. The fraction of sp³-hybridized carbons (Fsp3) is 0.500. The van der Waals surface area contributed by atoms with Crippen LogP contribution >= 0.6 is 0 Å². The first-order valence-electron chi connectivity index (χ1n) is 6.33. The summed E-state index contributed by atoms with van der Waals surface area (Å²) in [7, 11) is 0. The summed E-state index contributed by atoms with van der Waals surface area (Å²) in [6, 6.07) is 4.24. The predicted octanol–water partition coefficient (Wildman–Crippen LogP) is 2.65. The number of hydrogen-bond donors (Lipinski definition) is 1. The van der Waals surface area contributed by atoms with Crippen LogP contribution in [0.15, 0.2) is 30.0 Å². The van der Waals surface area contributed by atoms with E-state index in [4.69, 9.17) is 5.73 Å². The van der Waals surface area contributed by atoms with Crippen molar-refractivity contribution >= 4 is 5.69 Å². The fourth-order valence-corrected chi connectivity index (χ4v) is 2.02. The van der Waals surface area contributed by atoms with Gasteiger partial charge in [0.05, 0.1) is 17.6 Å². The molecule has 92 valence electrons. The first-order valence-corrected chi connectivity index (χ1v) is 6.33. The molecule has 0 bridgehead atoms. The summed E-state index contributed by atoms with van der Waals surface area (Å²) in [5, 5.41) is 0. The van der Waals surface area contributed by atoms with Crippen LogP contribution in [-0.2, 0) is 0 Å². The predicted molar refractivity (Wildman–Crippen MR) is 72.0 cm³/mol. The molecule has 0 saturated carbocycles. The second-order valence-electron chi connectivity index (χ2n) is 4.70. The lowest BCUT2D eigenvalue weighted by molar-refractivity contribution is 0.674. The van der Waals surface area contributed by atoms with Crippen LogP contribution in [-0.4, -0.2) is 18.1 Å². The Labute approximate surface area is 103 Å². The molecule has 0 aromatic carbocycles. The summed E-state index contributed by atoms with van der Waals surface area (Å²) in [6.45, 7) is 6.35. The third kappa shape index (κ3) is 2.86. The summed E-state index contributed by atoms with van der Waals surface area (Å²) in [5.74, 6) is 0. The monoisotopic (exact) mass is 231 g/mol. The van der Waals surface area contributed by atoms with Gasteiger partial charge in [-0.2, -0.15) is 0 Å². The number of nitrogens with two attached hydrogens (primary N) is 1. The summed E-state index contributed by atoms with van der Waals surface area (Å²) in [5.41, 5.74) is 9.62. The van der Waals surface area contributed by atoms with E-state index in [-0.39, 0.29) is 6.04 Å². The molecule has 0 fully saturated rings. The lowest BCUT2D eigenvalue weighted by atomic mass is 10.1. The van der Waals surface area contributed by atoms with Crippen LogP contribution in [0.3, 0.4) is 0 Å². The average Bonchev–Trinajstić information content (AvgIpc) is 2.39. The minimum Gasteiger partial charge on any atom is -0.366 e. The smallest absolute Gasteiger partial charge is 0.0572 e. The molecule has 1 aromatic heterocycles. The molecule has 1 aliphatic rings. The van der Waals surface area contributed by atoms with Gasteiger partial charge < -0.3 is 10.6 Å². The molecule has 1 aromatic rings. The van der Waals surface area contributed by atoms with E-state index >= 15 is 0 Å². The largest absolute Gasteiger partial charge is 0.366 e. The van der Waals surface area contributed by atoms with Crippen molar-refractivity contribution < 1.29 is 0 Å². The van der Waals surface area contributed by atoms with Crippen molar-refractivity contribution in [3.63, 3.8) is 0 Å². The molecule has 3 heteroatoms. The Kier molecular flexibility index (Phi) is 3.79. The van der Waals surface area contributed by atoms with Crippen molar-refractivity contribution in [3.05, 3.63) is 35.7 Å². The number of aromatic nitrogens is 1. The molecule has 0 spiro atoms. The van der Waals surface area contributed by atoms with E-state index in [2.05, 4.69) is 41.9 Å². The molecule has 0 saturated heterocycles. The molecule has 2 rings (SSSR count). The second-order valence-corrected chi connectivity index (χ2v) is 4.70. The van der Waals surface area contributed by atoms with Gasteiger partial charge in [0.15, 0.2) is 0 Å². The summed E-state index contributed by atoms with van der Waals surface area (Å²) < 4.78 is 0. The maximum Gasteiger partial charge on any atom is 0.0572 e. The van der Waals surface area contributed by atoms with Crippen molar-refractivity contribution in [3.8, 4) is 0 Å². The third-order valence-corrected chi connectivity index (χ3v) is 3.39. The first-order chi connectivity index (χ1) is 8.20. The molecule has 2 heterocycles. The van der Waals surface area contributed by atoms with Gasteiger partial charge in [-0.15, -0.1) is 0 Å². The average molecular weight is 231 g/mol. The summed E-state index contributed by atoms with van der Waals surface area (Å²) >= 11 is 0. The zero-order valence-electron chi connectivity index (χ0n) is 10.7. The van der Waals surface area contributed by atoms with Crippen molar-refractivity contribution in [2.45, 2.75) is 32.7 Å². The van der Waals surface area contributed by atoms with Gasteiger partial charge >= 0.3 is 0 Å². The van der Waals surface area contributed by atoms with Gasteiger partial charge in [0.25, 0.3) is 0 Å². The van der Waals surface area contributed by atoms with Crippen molar-refractivity contribution in [2.75, 3.05) is 18.0 Å². The highest BCUT2D eigenvalue weighted by atomic mass is 15.1. The van der Waals surface area contributed by atoms with Gasteiger partial charge in [-0.25, -0.2) is 0 Å². The Morgan fingerprint density at radius 1 is 1.47 bits per heavy atom. The maximum absolute atomic E-state index is 5.96. The number of anilines is 1. The van der Waals surface area contributed by atoms with Gasteiger partial charge in [0.1, 0.15) is 0 Å². The molecule has 2 N–H and O–H groups in total. The first kappa shape index (κ1) is 12.1. The molecule has 0 aliphatic carbocycles. The van der Waals surface area contributed by atoms with E-state index in [1.54, 1.807) is 0 Å². The second kappa shape index (κ2) is 5.32. The van der Waals surface area contributed by atoms with E-state index in [0.29, 0.717) is 0 Å². The van der Waals surface area contributed by atoms with Crippen LogP contribution in [0, 0.1) is 0 Å². The number of nitrogens with zero attached hydrogens (tertiary/aromatic N) is 2. The van der Waals surface area contributed by atoms with Crippen LogP contribution in [0.2, 0.25) is 0 Å². The van der Waals surface area contributed by atoms with E-state index < -0.39 is 0 Å². The van der Waals surface area contributed by atoms with E-state index in [0.717, 1.165) is 31.6 Å². The van der Waals surface area contributed by atoms with Crippen LogP contribution < -0.4 is 10.6 Å². The molecule has 3 nitrogen and oxygen atoms in total. The lowest BCUT2D eigenvalue weighted by Crippen LogP contribution is -2.28. The Hall–Kier alpha value is -1.35. The van der Waals surface area contributed by atoms with Crippen LogP contribution in [0.1, 0.15) is 38.4 Å². The molecule has 1 aliphatic heterocycles. The number of pyridine rings is 1. The van der Waals surface area contributed by atoms with Crippen LogP contribution in [0.5, 0.6) is 0 Å². The maximum atomic E-state index is 5.96. The minimum absolute atomic E-state index is 0.0625. The zero-order valence-corrected chi connectivity index (χ0v) is 10.7. The highest BCUT2D eigenvalue weighted by Crippen LogP contribution is 2.20. The molecule has 0 radical (unpaired) electrons. The topological polar surface area (TPSA) is 42.1 Å². The van der Waals surface area contributed by atoms with Gasteiger partial charge in [0.2, 0.25) is 0 Å². The zero-order chi connectivity index (χ0) is 12.3. The van der Waals surface area contributed by atoms with Crippen molar-refractivity contribution in [1.29, 1.82) is 0 Å². The molecular formula is C14H21N3. The molecular weight excluding hydrogens is 210 g/mol. The van der Waals surface area contributed by atoms with E-state index in [1.165, 1.54) is 11.3 Å². The van der Waals surface area contributed by atoms with E-state index in [9.17, 15) is 0 Å². The quantitative estimate of drug-likeness (QED) is 0.813. The summed E-state index contributed by atoms with van der Waals surface area (Å²) in [4.78, 5) is 6.80. The van der Waals surface area contributed by atoms with Gasteiger partial charge in [0, 0.05) is 19.1 Å². The van der Waals surface area contributed by atoms with Crippen LogP contribution in [0.4, 0.5) is 5.69 Å². The molecule has 0 amide bonds. The van der Waals surface area contributed by atoms with Gasteiger partial charge in [-0.05, 0) is 31.9 Å². The number of hydrogen-bond acceptors (Lipinski definition) is 3. The molecule has 17 heavy (non-hydrogen) atoms. The van der Waals surface area contributed by atoms with Crippen molar-refractivity contribution in [2.24, 2.45) is 5.73 Å². The Morgan fingerprint density at radius 3 is 2.82 bits per heavy atom. The SMILES string of the molecule is CC[C@H](N)c1ccc(N2CC=C(C)CC2)cn1. The molecule has 0 unspecified atom stereocenters. The van der Waals surface area contributed by atoms with Crippen LogP contribution in [0.25, 0.3) is 0 Å². The lowest BCUT2D eigenvalue weighted by Gasteiger charge is -2.27. The van der Waals surface area contributed by atoms with Crippen molar-refractivity contribution in [1.82, 2.24) is 4.98 Å². The Morgan fingerprint density at radius 2 is 2.29 bits per heavy atom. The number of rotatable bonds is 3. The Bertz CT molecular complexity index is 394.